The average Bonchev–Trinajstić information content (AvgIpc) is 2.51. The van der Waals surface area contributed by atoms with Crippen LogP contribution in [0.3, 0.4) is 0 Å². The van der Waals surface area contributed by atoms with E-state index in [-0.39, 0.29) is 11.4 Å². The van der Waals surface area contributed by atoms with Gasteiger partial charge < -0.3 is 15.2 Å². The van der Waals surface area contributed by atoms with Crippen LogP contribution in [0.4, 0.5) is 0 Å². The van der Waals surface area contributed by atoms with Crippen LogP contribution < -0.4 is 15.2 Å². The van der Waals surface area contributed by atoms with Gasteiger partial charge in [-0.2, -0.15) is 0 Å². The molecule has 3 N–H and O–H groups in total. The topological polar surface area (TPSA) is 90.6 Å². The molecule has 1 unspecified atom stereocenters. The van der Waals surface area contributed by atoms with Crippen molar-refractivity contribution in [1.29, 1.82) is 0 Å². The number of nitrogens with one attached hydrogen (secondary N) is 1. The molecular weight excluding hydrogens is 328 g/mol. The van der Waals surface area contributed by atoms with Crippen LogP contribution in [0.25, 0.3) is 0 Å². The maximum Gasteiger partial charge on any atom is 0.241 e. The molecule has 1 aromatic rings. The molecule has 0 aliphatic carbocycles. The van der Waals surface area contributed by atoms with Crippen LogP contribution in [0.5, 0.6) is 5.75 Å². The molecule has 0 fully saturated rings. The Balaban J connectivity index is 2.76. The largest absolute Gasteiger partial charge is 0.491 e. The van der Waals surface area contributed by atoms with Crippen molar-refractivity contribution in [3.8, 4) is 5.75 Å². The molecule has 0 aromatic heterocycles. The van der Waals surface area contributed by atoms with E-state index in [1.165, 1.54) is 12.1 Å². The molecule has 1 rings (SSSR count). The Morgan fingerprint density at radius 2 is 1.83 bits per heavy atom. The van der Waals surface area contributed by atoms with E-state index in [1.807, 2.05) is 27.7 Å². The second kappa shape index (κ2) is 9.36. The number of hydrogen-bond donors (Lipinski definition) is 2. The van der Waals surface area contributed by atoms with Gasteiger partial charge >= 0.3 is 0 Å². The van der Waals surface area contributed by atoms with Gasteiger partial charge in [-0.05, 0) is 50.5 Å². The summed E-state index contributed by atoms with van der Waals surface area (Å²) in [5, 5.41) is 0. The third kappa shape index (κ3) is 6.76. The highest BCUT2D eigenvalue weighted by atomic mass is 32.2. The normalized spacial score (nSPS) is 14.6. The number of ether oxygens (including phenoxy) is 2. The standard InChI is InChI=1S/C17H30N2O4S/c1-5-22-10-11-23-15-6-8-16(9-7-15)24(20,21)19-17(4,13-18)12-14(2)3/h6-9,14,19H,5,10-13,18H2,1-4H3. The Morgan fingerprint density at radius 3 is 2.33 bits per heavy atom. The molecule has 24 heavy (non-hydrogen) atoms. The monoisotopic (exact) mass is 358 g/mol. The highest BCUT2D eigenvalue weighted by Gasteiger charge is 2.30. The fraction of sp³-hybridized carbons (Fsp3) is 0.647. The van der Waals surface area contributed by atoms with Crippen molar-refractivity contribution in [1.82, 2.24) is 4.72 Å². The van der Waals surface area contributed by atoms with E-state index in [0.29, 0.717) is 37.9 Å². The second-order valence-electron chi connectivity index (χ2n) is 6.49. The summed E-state index contributed by atoms with van der Waals surface area (Å²) in [7, 11) is -3.63. The van der Waals surface area contributed by atoms with Gasteiger partial charge in [0.15, 0.2) is 0 Å². The van der Waals surface area contributed by atoms with Gasteiger partial charge in [0.1, 0.15) is 12.4 Å². The third-order valence-corrected chi connectivity index (χ3v) is 5.18. The first kappa shape index (κ1) is 20.9. The summed E-state index contributed by atoms with van der Waals surface area (Å²) < 4.78 is 38.6. The van der Waals surface area contributed by atoms with Gasteiger partial charge in [0.2, 0.25) is 10.0 Å². The van der Waals surface area contributed by atoms with Crippen molar-refractivity contribution in [2.24, 2.45) is 11.7 Å². The van der Waals surface area contributed by atoms with Crippen molar-refractivity contribution in [2.45, 2.75) is 44.6 Å². The molecule has 0 aliphatic rings. The Kier molecular flexibility index (Phi) is 8.15. The Labute approximate surface area is 145 Å². The Morgan fingerprint density at radius 1 is 1.21 bits per heavy atom. The Hall–Kier alpha value is -1.15. The summed E-state index contributed by atoms with van der Waals surface area (Å²) >= 11 is 0. The van der Waals surface area contributed by atoms with Gasteiger partial charge in [0.05, 0.1) is 11.5 Å². The van der Waals surface area contributed by atoms with E-state index in [9.17, 15) is 8.42 Å². The number of hydrogen-bond acceptors (Lipinski definition) is 5. The number of sulfonamides is 1. The molecular formula is C17H30N2O4S. The van der Waals surface area contributed by atoms with Crippen LogP contribution in [0.15, 0.2) is 29.2 Å². The smallest absolute Gasteiger partial charge is 0.241 e. The molecule has 0 amide bonds. The van der Waals surface area contributed by atoms with Crippen LogP contribution in [0.1, 0.15) is 34.1 Å². The molecule has 0 saturated heterocycles. The number of rotatable bonds is 11. The molecule has 138 valence electrons. The fourth-order valence-corrected chi connectivity index (χ4v) is 3.96. The van der Waals surface area contributed by atoms with Crippen molar-refractivity contribution < 1.29 is 17.9 Å². The summed E-state index contributed by atoms with van der Waals surface area (Å²) in [5.74, 6) is 0.944. The van der Waals surface area contributed by atoms with Gasteiger partial charge in [-0.15, -0.1) is 0 Å². The minimum absolute atomic E-state index is 0.197. The zero-order valence-electron chi connectivity index (χ0n) is 15.0. The molecule has 1 atom stereocenters. The fourth-order valence-electron chi connectivity index (χ4n) is 2.53. The SMILES string of the molecule is CCOCCOc1ccc(S(=O)(=O)NC(C)(CN)CC(C)C)cc1. The van der Waals surface area contributed by atoms with E-state index >= 15 is 0 Å². The van der Waals surface area contributed by atoms with Gasteiger partial charge in [-0.3, -0.25) is 0 Å². The highest BCUT2D eigenvalue weighted by Crippen LogP contribution is 2.21. The molecule has 0 spiro atoms. The van der Waals surface area contributed by atoms with E-state index in [2.05, 4.69) is 4.72 Å². The van der Waals surface area contributed by atoms with Gasteiger partial charge in [0, 0.05) is 18.7 Å². The summed E-state index contributed by atoms with van der Waals surface area (Å²) in [6, 6.07) is 6.35. The first-order valence-electron chi connectivity index (χ1n) is 8.27. The van der Waals surface area contributed by atoms with Gasteiger partial charge in [-0.1, -0.05) is 13.8 Å². The van der Waals surface area contributed by atoms with Crippen molar-refractivity contribution in [3.63, 3.8) is 0 Å². The predicted molar refractivity (Wildman–Crippen MR) is 95.7 cm³/mol. The predicted octanol–water partition coefficient (Wildman–Crippen LogP) is 2.14. The van der Waals surface area contributed by atoms with Gasteiger partial charge in [0.25, 0.3) is 0 Å². The van der Waals surface area contributed by atoms with E-state index < -0.39 is 15.6 Å². The molecule has 0 saturated carbocycles. The quantitative estimate of drug-likeness (QED) is 0.592. The van der Waals surface area contributed by atoms with Crippen molar-refractivity contribution >= 4 is 10.0 Å². The van der Waals surface area contributed by atoms with Crippen LogP contribution in [0, 0.1) is 5.92 Å². The molecule has 1 aromatic carbocycles. The lowest BCUT2D eigenvalue weighted by molar-refractivity contribution is 0.110. The van der Waals surface area contributed by atoms with Crippen LogP contribution in [-0.4, -0.2) is 40.3 Å². The van der Waals surface area contributed by atoms with Crippen LogP contribution in [0.2, 0.25) is 0 Å². The lowest BCUT2D eigenvalue weighted by atomic mass is 9.92. The van der Waals surface area contributed by atoms with Crippen LogP contribution in [-0.2, 0) is 14.8 Å². The first-order valence-corrected chi connectivity index (χ1v) is 9.75. The summed E-state index contributed by atoms with van der Waals surface area (Å²) in [6.07, 6.45) is 0.668. The van der Waals surface area contributed by atoms with E-state index in [4.69, 9.17) is 15.2 Å². The lowest BCUT2D eigenvalue weighted by Gasteiger charge is -2.30. The zero-order chi connectivity index (χ0) is 18.2. The molecule has 0 bridgehead atoms. The number of nitrogens with two attached hydrogens (primary N) is 1. The first-order chi connectivity index (χ1) is 11.2. The lowest BCUT2D eigenvalue weighted by Crippen LogP contribution is -2.51. The molecule has 0 aliphatic heterocycles. The summed E-state index contributed by atoms with van der Waals surface area (Å²) in [6.45, 7) is 9.63. The molecule has 7 heteroatoms. The summed E-state index contributed by atoms with van der Waals surface area (Å²) in [5.41, 5.74) is 5.12. The minimum Gasteiger partial charge on any atom is -0.491 e. The third-order valence-electron chi connectivity index (χ3n) is 3.52. The van der Waals surface area contributed by atoms with Crippen molar-refractivity contribution in [3.05, 3.63) is 24.3 Å². The maximum atomic E-state index is 12.6. The summed E-state index contributed by atoms with van der Waals surface area (Å²) in [4.78, 5) is 0.197. The zero-order valence-corrected chi connectivity index (χ0v) is 15.9. The van der Waals surface area contributed by atoms with E-state index in [1.54, 1.807) is 12.1 Å². The van der Waals surface area contributed by atoms with Crippen LogP contribution >= 0.6 is 0 Å². The van der Waals surface area contributed by atoms with Gasteiger partial charge in [-0.25, -0.2) is 13.1 Å². The molecule has 0 heterocycles. The molecule has 0 radical (unpaired) electrons. The molecule has 6 nitrogen and oxygen atoms in total. The maximum absolute atomic E-state index is 12.6. The van der Waals surface area contributed by atoms with Crippen molar-refractivity contribution in [2.75, 3.05) is 26.4 Å². The second-order valence-corrected chi connectivity index (χ2v) is 8.17. The highest BCUT2D eigenvalue weighted by molar-refractivity contribution is 7.89. The average molecular weight is 359 g/mol. The van der Waals surface area contributed by atoms with E-state index in [0.717, 1.165) is 0 Å². The Bertz CT molecular complexity index is 587. The minimum atomic E-state index is -3.63. The number of benzene rings is 1.